The summed E-state index contributed by atoms with van der Waals surface area (Å²) in [7, 11) is 0. The van der Waals surface area contributed by atoms with Crippen LogP contribution in [0.2, 0.25) is 0 Å². The van der Waals surface area contributed by atoms with Crippen molar-refractivity contribution in [3.8, 4) is 22.5 Å². The Balaban J connectivity index is 1.44. The second-order valence-corrected chi connectivity index (χ2v) is 8.98. The Hall–Kier alpha value is -4.11. The summed E-state index contributed by atoms with van der Waals surface area (Å²) in [5.41, 5.74) is 7.58. The Morgan fingerprint density at radius 1 is 0.972 bits per heavy atom. The molecular weight excluding hydrogens is 452 g/mol. The van der Waals surface area contributed by atoms with E-state index in [0.29, 0.717) is 13.2 Å². The molecule has 6 rings (SSSR count). The molecule has 3 aromatic heterocycles. The molecule has 9 nitrogen and oxygen atoms in total. The fourth-order valence-corrected chi connectivity index (χ4v) is 4.78. The molecule has 36 heavy (non-hydrogen) atoms. The van der Waals surface area contributed by atoms with Crippen LogP contribution in [-0.4, -0.2) is 61.2 Å². The van der Waals surface area contributed by atoms with Crippen molar-refractivity contribution in [1.29, 1.82) is 0 Å². The van der Waals surface area contributed by atoms with Gasteiger partial charge in [0, 0.05) is 29.9 Å². The van der Waals surface area contributed by atoms with Crippen LogP contribution in [0.5, 0.6) is 0 Å². The number of hydrogen-bond acceptors (Lipinski definition) is 7. The van der Waals surface area contributed by atoms with Crippen LogP contribution in [0.1, 0.15) is 30.2 Å². The molecule has 0 radical (unpaired) electrons. The number of rotatable bonds is 7. The van der Waals surface area contributed by atoms with E-state index in [1.54, 1.807) is 6.20 Å². The largest absolute Gasteiger partial charge is 0.378 e. The highest BCUT2D eigenvalue weighted by Crippen LogP contribution is 2.32. The number of aryl methyl sites for hydroxylation is 1. The monoisotopic (exact) mass is 480 g/mol. The maximum Gasteiger partial charge on any atom is 0.205 e. The van der Waals surface area contributed by atoms with Gasteiger partial charge in [0.2, 0.25) is 5.82 Å². The predicted molar refractivity (Wildman–Crippen MR) is 137 cm³/mol. The lowest BCUT2D eigenvalue weighted by Crippen LogP contribution is -2.45. The molecule has 1 aliphatic rings. The number of benzene rings is 2. The molecule has 1 aliphatic heterocycles. The third-order valence-electron chi connectivity index (χ3n) is 6.55. The van der Waals surface area contributed by atoms with Gasteiger partial charge >= 0.3 is 0 Å². The molecular formula is C27H28N8O. The van der Waals surface area contributed by atoms with E-state index < -0.39 is 0 Å². The molecule has 0 aliphatic carbocycles. The van der Waals surface area contributed by atoms with Crippen LogP contribution in [0.4, 0.5) is 0 Å². The number of ether oxygens (including phenoxy) is 1. The van der Waals surface area contributed by atoms with Crippen LogP contribution < -0.4 is 5.01 Å². The highest BCUT2D eigenvalue weighted by Gasteiger charge is 2.21. The molecule has 5 aromatic rings. The van der Waals surface area contributed by atoms with Gasteiger partial charge in [-0.15, -0.1) is 9.89 Å². The Morgan fingerprint density at radius 3 is 2.67 bits per heavy atom. The summed E-state index contributed by atoms with van der Waals surface area (Å²) in [5.74, 6) is 0.729. The van der Waals surface area contributed by atoms with Crippen molar-refractivity contribution in [2.45, 2.75) is 26.2 Å². The second kappa shape index (κ2) is 9.87. The van der Waals surface area contributed by atoms with Gasteiger partial charge in [-0.05, 0) is 45.2 Å². The van der Waals surface area contributed by atoms with E-state index in [0.717, 1.165) is 66.2 Å². The van der Waals surface area contributed by atoms with Crippen molar-refractivity contribution in [1.82, 2.24) is 34.9 Å². The summed E-state index contributed by atoms with van der Waals surface area (Å²) in [6.45, 7) is 4.99. The van der Waals surface area contributed by atoms with Gasteiger partial charge in [-0.25, -0.2) is 9.50 Å². The smallest absolute Gasteiger partial charge is 0.205 e. The molecule has 1 saturated heterocycles. The zero-order valence-electron chi connectivity index (χ0n) is 20.3. The quantitative estimate of drug-likeness (QED) is 0.352. The average Bonchev–Trinajstić information content (AvgIpc) is 3.60. The first kappa shape index (κ1) is 22.4. The first-order valence-corrected chi connectivity index (χ1v) is 12.4. The van der Waals surface area contributed by atoms with Crippen LogP contribution in [0.3, 0.4) is 0 Å². The molecule has 2 aromatic carbocycles. The lowest BCUT2D eigenvalue weighted by molar-refractivity contribution is 0.109. The molecule has 9 heteroatoms. The molecule has 0 amide bonds. The van der Waals surface area contributed by atoms with Gasteiger partial charge in [0.25, 0.3) is 0 Å². The van der Waals surface area contributed by atoms with Gasteiger partial charge in [-0.3, -0.25) is 5.01 Å². The first-order chi connectivity index (χ1) is 17.8. The average molecular weight is 481 g/mol. The third-order valence-corrected chi connectivity index (χ3v) is 6.55. The van der Waals surface area contributed by atoms with Crippen molar-refractivity contribution in [3.05, 3.63) is 83.8 Å². The van der Waals surface area contributed by atoms with E-state index in [4.69, 9.17) is 9.72 Å². The first-order valence-electron chi connectivity index (χ1n) is 12.4. The van der Waals surface area contributed by atoms with Gasteiger partial charge in [0.15, 0.2) is 5.65 Å². The van der Waals surface area contributed by atoms with Crippen molar-refractivity contribution < 1.29 is 4.74 Å². The Kier molecular flexibility index (Phi) is 6.13. The lowest BCUT2D eigenvalue weighted by atomic mass is 9.94. The molecule has 0 unspecified atom stereocenters. The molecule has 0 N–H and O–H groups in total. The standard InChI is InChI=1S/C27H28N8O/c1-2-6-25-22(19-34-26(29-25)11-12-28-34)17-20-9-10-23(21-7-4-3-5-8-21)24(18-20)27-30-31-32-35(27)33-13-15-36-16-14-33/h3-5,7-12,18-19H,2,6,13-17H2,1H3. The molecule has 182 valence electrons. The molecule has 0 bridgehead atoms. The topological polar surface area (TPSA) is 86.3 Å². The van der Waals surface area contributed by atoms with Crippen LogP contribution in [0.25, 0.3) is 28.2 Å². The molecule has 0 saturated carbocycles. The zero-order valence-corrected chi connectivity index (χ0v) is 20.3. The highest BCUT2D eigenvalue weighted by atomic mass is 16.5. The fourth-order valence-electron chi connectivity index (χ4n) is 4.78. The maximum atomic E-state index is 5.54. The van der Waals surface area contributed by atoms with Crippen molar-refractivity contribution in [2.24, 2.45) is 0 Å². The Labute approximate surface area is 209 Å². The summed E-state index contributed by atoms with van der Waals surface area (Å²) >= 11 is 0. The van der Waals surface area contributed by atoms with Crippen LogP contribution in [0.15, 0.2) is 67.0 Å². The van der Waals surface area contributed by atoms with E-state index in [-0.39, 0.29) is 0 Å². The number of nitrogens with zero attached hydrogens (tertiary/aromatic N) is 8. The Morgan fingerprint density at radius 2 is 1.83 bits per heavy atom. The fraction of sp³-hybridized carbons (Fsp3) is 0.296. The van der Waals surface area contributed by atoms with E-state index in [1.165, 1.54) is 11.1 Å². The highest BCUT2D eigenvalue weighted by molar-refractivity contribution is 5.81. The molecule has 0 spiro atoms. The number of morpholine rings is 1. The predicted octanol–water partition coefficient (Wildman–Crippen LogP) is 3.56. The molecule has 1 fully saturated rings. The van der Waals surface area contributed by atoms with E-state index in [2.05, 4.69) is 81.2 Å². The van der Waals surface area contributed by atoms with Crippen LogP contribution in [-0.2, 0) is 17.6 Å². The number of tetrazole rings is 1. The normalized spacial score (nSPS) is 14.0. The second-order valence-electron chi connectivity index (χ2n) is 8.98. The summed E-state index contributed by atoms with van der Waals surface area (Å²) < 4.78 is 7.39. The zero-order chi connectivity index (χ0) is 24.3. The van der Waals surface area contributed by atoms with Gasteiger partial charge in [-0.2, -0.15) is 5.10 Å². The van der Waals surface area contributed by atoms with Gasteiger partial charge < -0.3 is 4.74 Å². The number of aromatic nitrogens is 7. The third kappa shape index (κ3) is 4.33. The minimum Gasteiger partial charge on any atom is -0.378 e. The summed E-state index contributed by atoms with van der Waals surface area (Å²) in [6.07, 6.45) is 6.62. The minimum atomic E-state index is 0.661. The maximum absolute atomic E-state index is 5.54. The van der Waals surface area contributed by atoms with E-state index in [1.807, 2.05) is 21.4 Å². The summed E-state index contributed by atoms with van der Waals surface area (Å²) in [6, 6.07) is 18.9. The summed E-state index contributed by atoms with van der Waals surface area (Å²) in [5, 5.41) is 19.4. The molecule has 4 heterocycles. The number of hydrogen-bond donors (Lipinski definition) is 0. The Bertz CT molecular complexity index is 1470. The summed E-state index contributed by atoms with van der Waals surface area (Å²) in [4.78, 5) is 6.71. The van der Waals surface area contributed by atoms with Crippen LogP contribution in [0, 0.1) is 0 Å². The van der Waals surface area contributed by atoms with Gasteiger partial charge in [0.1, 0.15) is 0 Å². The lowest BCUT2D eigenvalue weighted by Gasteiger charge is -2.28. The SMILES string of the molecule is CCCc1nc2ccnn2cc1Cc1ccc(-c2ccccc2)c(-c2nnnn2N2CCOCC2)c1. The van der Waals surface area contributed by atoms with Gasteiger partial charge in [-0.1, -0.05) is 55.8 Å². The van der Waals surface area contributed by atoms with Crippen molar-refractivity contribution in [3.63, 3.8) is 0 Å². The van der Waals surface area contributed by atoms with Crippen LogP contribution >= 0.6 is 0 Å². The van der Waals surface area contributed by atoms with Gasteiger partial charge in [0.05, 0.1) is 32.5 Å². The van der Waals surface area contributed by atoms with E-state index in [9.17, 15) is 0 Å². The van der Waals surface area contributed by atoms with Crippen molar-refractivity contribution >= 4 is 5.65 Å². The minimum absolute atomic E-state index is 0.661. The van der Waals surface area contributed by atoms with E-state index >= 15 is 0 Å². The van der Waals surface area contributed by atoms with Crippen molar-refractivity contribution in [2.75, 3.05) is 31.3 Å². The number of fused-ring (bicyclic) bond motifs is 1. The molecule has 0 atom stereocenters.